The van der Waals surface area contributed by atoms with E-state index in [2.05, 4.69) is 28.5 Å². The van der Waals surface area contributed by atoms with Gasteiger partial charge < -0.3 is 20.4 Å². The Morgan fingerprint density at radius 3 is 2.62 bits per heavy atom. The van der Waals surface area contributed by atoms with E-state index >= 15 is 0 Å². The minimum Gasteiger partial charge on any atom is -0.494 e. The lowest BCUT2D eigenvalue weighted by Gasteiger charge is -2.30. The van der Waals surface area contributed by atoms with Crippen LogP contribution in [0.25, 0.3) is 11.1 Å². The number of methoxy groups -OCH3 is 1. The van der Waals surface area contributed by atoms with E-state index in [1.165, 1.54) is 18.6 Å². The van der Waals surface area contributed by atoms with Crippen LogP contribution < -0.4 is 21.3 Å². The third kappa shape index (κ3) is 5.30. The normalized spacial score (nSPS) is 18.1. The number of anilines is 1. The maximum Gasteiger partial charge on any atom is 0.273 e. The summed E-state index contributed by atoms with van der Waals surface area (Å²) in [6, 6.07) is 4.04. The number of nitrogens with one attached hydrogen (secondary N) is 1. The minimum atomic E-state index is -0.597. The average molecular weight is 482 g/mol. The molecule has 3 heterocycles. The van der Waals surface area contributed by atoms with Gasteiger partial charge in [-0.25, -0.2) is 9.36 Å². The third-order valence-corrected chi connectivity index (χ3v) is 6.89. The number of hydrogen-bond donors (Lipinski definition) is 2. The Balaban J connectivity index is 1.49. The van der Waals surface area contributed by atoms with E-state index in [-0.39, 0.29) is 17.3 Å². The summed E-state index contributed by atoms with van der Waals surface area (Å²) in [7, 11) is 1.51. The summed E-state index contributed by atoms with van der Waals surface area (Å²) < 4.78 is 11.3. The van der Waals surface area contributed by atoms with E-state index in [1.54, 1.807) is 6.20 Å². The van der Waals surface area contributed by atoms with Crippen molar-refractivity contribution in [3.05, 3.63) is 57.7 Å². The number of amides is 1. The Morgan fingerprint density at radius 1 is 1.24 bits per heavy atom. The molecule has 1 fully saturated rings. The van der Waals surface area contributed by atoms with Crippen LogP contribution in [0.1, 0.15) is 61.5 Å². The zero-order chi connectivity index (χ0) is 24.2. The fraction of sp³-hybridized carbons (Fsp3) is 0.440. The number of aromatic nitrogens is 3. The van der Waals surface area contributed by atoms with Crippen molar-refractivity contribution in [1.82, 2.24) is 13.9 Å². The average Bonchev–Trinajstić information content (AvgIpc) is 3.36. The van der Waals surface area contributed by atoms with Gasteiger partial charge in [0.1, 0.15) is 11.4 Å². The van der Waals surface area contributed by atoms with Crippen LogP contribution >= 0.6 is 11.5 Å². The molecule has 0 saturated heterocycles. The lowest BCUT2D eigenvalue weighted by molar-refractivity contribution is 0.0992. The van der Waals surface area contributed by atoms with E-state index in [9.17, 15) is 9.59 Å². The zero-order valence-electron chi connectivity index (χ0n) is 19.8. The van der Waals surface area contributed by atoms with E-state index < -0.39 is 5.91 Å². The molecule has 1 aliphatic rings. The zero-order valence-corrected chi connectivity index (χ0v) is 20.6. The SMILES string of the molecule is COc1cc(C2CCC(Nc3cc(-c4cnsc4)cn(CC(C)C)c3=O)CC2)cnc1C(N)=O. The fourth-order valence-corrected chi connectivity index (χ4v) is 5.13. The maximum atomic E-state index is 13.2. The number of primary amides is 1. The smallest absolute Gasteiger partial charge is 0.273 e. The summed E-state index contributed by atoms with van der Waals surface area (Å²) >= 11 is 1.41. The Morgan fingerprint density at radius 2 is 2.00 bits per heavy atom. The van der Waals surface area contributed by atoms with Crippen LogP contribution in [0.3, 0.4) is 0 Å². The first-order chi connectivity index (χ1) is 16.4. The Kier molecular flexibility index (Phi) is 7.31. The largest absolute Gasteiger partial charge is 0.494 e. The lowest BCUT2D eigenvalue weighted by Crippen LogP contribution is -2.31. The molecule has 1 aliphatic carbocycles. The molecule has 180 valence electrons. The van der Waals surface area contributed by atoms with Crippen LogP contribution in [0.2, 0.25) is 0 Å². The van der Waals surface area contributed by atoms with Gasteiger partial charge in [-0.15, -0.1) is 0 Å². The van der Waals surface area contributed by atoms with Crippen molar-refractivity contribution in [3.63, 3.8) is 0 Å². The predicted octanol–water partition coefficient (Wildman–Crippen LogP) is 4.27. The van der Waals surface area contributed by atoms with Crippen LogP contribution in [0.5, 0.6) is 5.75 Å². The molecule has 9 heteroatoms. The van der Waals surface area contributed by atoms with Crippen LogP contribution in [-0.2, 0) is 6.54 Å². The first kappa shape index (κ1) is 23.9. The van der Waals surface area contributed by atoms with Crippen LogP contribution in [-0.4, -0.2) is 33.0 Å². The molecular formula is C25H31N5O3S. The highest BCUT2D eigenvalue weighted by molar-refractivity contribution is 7.03. The number of pyridine rings is 2. The van der Waals surface area contributed by atoms with E-state index in [1.807, 2.05) is 34.5 Å². The molecule has 3 aromatic heterocycles. The van der Waals surface area contributed by atoms with Crippen molar-refractivity contribution < 1.29 is 9.53 Å². The monoisotopic (exact) mass is 481 g/mol. The standard InChI is InChI=1S/C25H31N5O3S/c1-15(2)12-30-13-18(19-11-28-34-14-19)8-21(25(30)32)29-20-6-4-16(5-7-20)17-9-22(33-3)23(24(26)31)27-10-17/h8-11,13-16,20,29H,4-7,12H2,1-3H3,(H2,26,31). The molecule has 3 N–H and O–H groups in total. The van der Waals surface area contributed by atoms with E-state index in [0.717, 1.165) is 42.4 Å². The molecule has 34 heavy (non-hydrogen) atoms. The van der Waals surface area contributed by atoms with Crippen molar-refractivity contribution in [2.75, 3.05) is 12.4 Å². The third-order valence-electron chi connectivity index (χ3n) is 6.30. The predicted molar refractivity (Wildman–Crippen MR) is 135 cm³/mol. The first-order valence-electron chi connectivity index (χ1n) is 11.6. The number of nitrogens with zero attached hydrogens (tertiary/aromatic N) is 3. The molecule has 0 spiro atoms. The molecule has 0 aromatic carbocycles. The summed E-state index contributed by atoms with van der Waals surface area (Å²) in [6.07, 6.45) is 9.26. The van der Waals surface area contributed by atoms with Crippen molar-refractivity contribution in [2.45, 2.75) is 58.0 Å². The number of hydrogen-bond acceptors (Lipinski definition) is 7. The molecule has 0 bridgehead atoms. The van der Waals surface area contributed by atoms with Crippen molar-refractivity contribution >= 4 is 23.1 Å². The number of carbonyl (C=O) groups excluding carboxylic acids is 1. The molecule has 4 rings (SSSR count). The highest BCUT2D eigenvalue weighted by Gasteiger charge is 2.25. The summed E-state index contributed by atoms with van der Waals surface area (Å²) in [5.74, 6) is 0.501. The molecule has 1 amide bonds. The molecule has 1 saturated carbocycles. The fourth-order valence-electron chi connectivity index (χ4n) is 4.59. The second kappa shape index (κ2) is 10.4. The summed E-state index contributed by atoms with van der Waals surface area (Å²) in [5.41, 5.74) is 9.26. The van der Waals surface area contributed by atoms with Gasteiger partial charge >= 0.3 is 0 Å². The number of carbonyl (C=O) groups is 1. The minimum absolute atomic E-state index is 0.0127. The van der Waals surface area contributed by atoms with Gasteiger partial charge in [-0.1, -0.05) is 13.8 Å². The topological polar surface area (TPSA) is 112 Å². The van der Waals surface area contributed by atoms with Crippen molar-refractivity contribution in [2.24, 2.45) is 11.7 Å². The van der Waals surface area contributed by atoms with E-state index in [0.29, 0.717) is 29.8 Å². The molecule has 8 nitrogen and oxygen atoms in total. The molecule has 0 atom stereocenters. The maximum absolute atomic E-state index is 13.2. The summed E-state index contributed by atoms with van der Waals surface area (Å²) in [4.78, 5) is 28.9. The van der Waals surface area contributed by atoms with Crippen molar-refractivity contribution in [1.29, 1.82) is 0 Å². The van der Waals surface area contributed by atoms with Crippen LogP contribution in [0.4, 0.5) is 5.69 Å². The van der Waals surface area contributed by atoms with Gasteiger partial charge in [0.05, 0.1) is 7.11 Å². The number of ether oxygens (including phenoxy) is 1. The molecule has 0 radical (unpaired) electrons. The Bertz CT molecular complexity index is 1200. The lowest BCUT2D eigenvalue weighted by atomic mass is 9.82. The molecular weight excluding hydrogens is 450 g/mol. The van der Waals surface area contributed by atoms with Gasteiger partial charge in [0, 0.05) is 47.7 Å². The molecule has 0 unspecified atom stereocenters. The van der Waals surface area contributed by atoms with Gasteiger partial charge in [-0.3, -0.25) is 9.59 Å². The molecule has 3 aromatic rings. The van der Waals surface area contributed by atoms with Gasteiger partial charge in [-0.2, -0.15) is 0 Å². The summed E-state index contributed by atoms with van der Waals surface area (Å²) in [6.45, 7) is 4.89. The molecule has 0 aliphatic heterocycles. The van der Waals surface area contributed by atoms with E-state index in [4.69, 9.17) is 10.5 Å². The van der Waals surface area contributed by atoms with Gasteiger partial charge in [0.15, 0.2) is 5.69 Å². The number of nitrogens with two attached hydrogens (primary N) is 1. The highest BCUT2D eigenvalue weighted by atomic mass is 32.1. The second-order valence-corrected chi connectivity index (χ2v) is 9.94. The van der Waals surface area contributed by atoms with Crippen LogP contribution in [0.15, 0.2) is 40.9 Å². The van der Waals surface area contributed by atoms with Gasteiger partial charge in [0.2, 0.25) is 0 Å². The summed E-state index contributed by atoms with van der Waals surface area (Å²) in [5, 5.41) is 5.53. The van der Waals surface area contributed by atoms with Crippen molar-refractivity contribution in [3.8, 4) is 16.9 Å². The Hall–Kier alpha value is -3.20. The Labute approximate surface area is 203 Å². The second-order valence-electron chi connectivity index (χ2n) is 9.28. The number of rotatable bonds is 8. The van der Waals surface area contributed by atoms with Crippen LogP contribution in [0, 0.1) is 5.92 Å². The highest BCUT2D eigenvalue weighted by Crippen LogP contribution is 2.35. The first-order valence-corrected chi connectivity index (χ1v) is 12.4. The quantitative estimate of drug-likeness (QED) is 0.497. The van der Waals surface area contributed by atoms with Gasteiger partial charge in [-0.05, 0) is 66.7 Å². The van der Waals surface area contributed by atoms with Gasteiger partial charge in [0.25, 0.3) is 11.5 Å².